The van der Waals surface area contributed by atoms with Crippen molar-refractivity contribution in [3.05, 3.63) is 24.4 Å². The zero-order valence-corrected chi connectivity index (χ0v) is 17.1. The van der Waals surface area contributed by atoms with Crippen LogP contribution in [0.5, 0.6) is 5.88 Å². The number of methoxy groups -OCH3 is 1. The van der Waals surface area contributed by atoms with Crippen molar-refractivity contribution < 1.29 is 19.1 Å². The van der Waals surface area contributed by atoms with Gasteiger partial charge in [0.25, 0.3) is 0 Å². The number of carbonyl (C=O) groups excluding carboxylic acids is 2. The van der Waals surface area contributed by atoms with Crippen molar-refractivity contribution in [3.63, 3.8) is 0 Å². The fourth-order valence-corrected chi connectivity index (χ4v) is 3.23. The molecule has 2 aromatic rings. The van der Waals surface area contributed by atoms with Crippen LogP contribution in [0.2, 0.25) is 0 Å². The maximum atomic E-state index is 13.1. The van der Waals surface area contributed by atoms with Gasteiger partial charge in [-0.15, -0.1) is 0 Å². The third-order valence-electron chi connectivity index (χ3n) is 4.57. The number of pyridine rings is 2. The van der Waals surface area contributed by atoms with Gasteiger partial charge in [0, 0.05) is 24.8 Å². The number of nitrogens with two attached hydrogens (primary N) is 1. The smallest absolute Gasteiger partial charge is 0.411 e. The maximum Gasteiger partial charge on any atom is 0.411 e. The molecule has 2 atom stereocenters. The van der Waals surface area contributed by atoms with Gasteiger partial charge in [0.2, 0.25) is 11.8 Å². The molecular weight excluding hydrogens is 374 g/mol. The van der Waals surface area contributed by atoms with Gasteiger partial charge in [0.1, 0.15) is 17.2 Å². The lowest BCUT2D eigenvalue weighted by molar-refractivity contribution is -0.122. The van der Waals surface area contributed by atoms with Gasteiger partial charge in [0.15, 0.2) is 0 Å². The average Bonchev–Trinajstić information content (AvgIpc) is 2.66. The number of likely N-dealkylation sites (tertiary alicyclic amines) is 1. The molecule has 3 N–H and O–H groups in total. The van der Waals surface area contributed by atoms with Crippen molar-refractivity contribution >= 4 is 28.7 Å². The number of aromatic nitrogens is 2. The molecule has 0 saturated carbocycles. The number of piperidine rings is 1. The standard InChI is InChI=1S/C20H27N5O4/c1-20(2,3)29-19(27)25-11-12(21)5-7-15(25)18(26)23-14-9-10-22-13-6-8-16(28-4)24-17(13)14/h6,8-10,12,15H,5,7,11,21H2,1-4H3,(H,22,23,26)/t12-,15+/m1/s1. The van der Waals surface area contributed by atoms with E-state index < -0.39 is 17.7 Å². The molecule has 9 nitrogen and oxygen atoms in total. The summed E-state index contributed by atoms with van der Waals surface area (Å²) in [5.74, 6) is 0.0971. The summed E-state index contributed by atoms with van der Waals surface area (Å²) in [6.07, 6.45) is 2.13. The summed E-state index contributed by atoms with van der Waals surface area (Å²) in [5, 5.41) is 2.88. The highest BCUT2D eigenvalue weighted by Gasteiger charge is 2.37. The van der Waals surface area contributed by atoms with Crippen LogP contribution >= 0.6 is 0 Å². The van der Waals surface area contributed by atoms with Crippen LogP contribution in [0.4, 0.5) is 10.5 Å². The third kappa shape index (κ3) is 4.92. The second-order valence-corrected chi connectivity index (χ2v) is 8.06. The predicted molar refractivity (Wildman–Crippen MR) is 109 cm³/mol. The van der Waals surface area contributed by atoms with Crippen LogP contribution in [0.25, 0.3) is 11.0 Å². The molecule has 9 heteroatoms. The van der Waals surface area contributed by atoms with E-state index in [0.717, 1.165) is 0 Å². The maximum absolute atomic E-state index is 13.1. The van der Waals surface area contributed by atoms with Crippen LogP contribution in [-0.4, -0.2) is 58.2 Å². The van der Waals surface area contributed by atoms with Crippen molar-refractivity contribution in [3.8, 4) is 5.88 Å². The predicted octanol–water partition coefficient (Wildman–Crippen LogP) is 2.30. The molecule has 0 aliphatic carbocycles. The van der Waals surface area contributed by atoms with E-state index in [0.29, 0.717) is 35.4 Å². The van der Waals surface area contributed by atoms with E-state index in [1.807, 2.05) is 0 Å². The van der Waals surface area contributed by atoms with Crippen LogP contribution in [0.1, 0.15) is 33.6 Å². The van der Waals surface area contributed by atoms with Gasteiger partial charge in [-0.25, -0.2) is 9.78 Å². The monoisotopic (exact) mass is 401 g/mol. The fourth-order valence-electron chi connectivity index (χ4n) is 3.23. The first-order valence-corrected chi connectivity index (χ1v) is 9.54. The highest BCUT2D eigenvalue weighted by molar-refractivity contribution is 6.02. The minimum absolute atomic E-state index is 0.195. The van der Waals surface area contributed by atoms with E-state index >= 15 is 0 Å². The van der Waals surface area contributed by atoms with Gasteiger partial charge in [-0.3, -0.25) is 14.7 Å². The van der Waals surface area contributed by atoms with Gasteiger partial charge in [-0.2, -0.15) is 0 Å². The third-order valence-corrected chi connectivity index (χ3v) is 4.57. The largest absolute Gasteiger partial charge is 0.481 e. The molecule has 0 spiro atoms. The van der Waals surface area contributed by atoms with Crippen LogP contribution in [-0.2, 0) is 9.53 Å². The molecule has 0 unspecified atom stereocenters. The topological polar surface area (TPSA) is 120 Å². The molecule has 1 aliphatic heterocycles. The summed E-state index contributed by atoms with van der Waals surface area (Å²) in [4.78, 5) is 35.8. The van der Waals surface area contributed by atoms with E-state index in [9.17, 15) is 9.59 Å². The van der Waals surface area contributed by atoms with Gasteiger partial charge in [0.05, 0.1) is 18.3 Å². The normalized spacial score (nSPS) is 19.7. The van der Waals surface area contributed by atoms with Gasteiger partial charge in [-0.05, 0) is 45.7 Å². The number of amides is 2. The summed E-state index contributed by atoms with van der Waals surface area (Å²) in [7, 11) is 1.52. The van der Waals surface area contributed by atoms with Crippen molar-refractivity contribution in [2.24, 2.45) is 5.73 Å². The number of nitrogens with zero attached hydrogens (tertiary/aromatic N) is 3. The molecule has 1 saturated heterocycles. The quantitative estimate of drug-likeness (QED) is 0.810. The van der Waals surface area contributed by atoms with Crippen LogP contribution in [0.15, 0.2) is 24.4 Å². The Morgan fingerprint density at radius 3 is 2.69 bits per heavy atom. The van der Waals surface area contributed by atoms with Crippen molar-refractivity contribution in [1.82, 2.24) is 14.9 Å². The number of carbonyl (C=O) groups is 2. The Balaban J connectivity index is 1.84. The Labute approximate surface area is 169 Å². The van der Waals surface area contributed by atoms with Crippen molar-refractivity contribution in [2.75, 3.05) is 19.0 Å². The molecule has 156 valence electrons. The molecule has 3 rings (SSSR count). The second-order valence-electron chi connectivity index (χ2n) is 8.06. The molecule has 0 aromatic carbocycles. The Kier molecular flexibility index (Phi) is 5.88. The summed E-state index contributed by atoms with van der Waals surface area (Å²) >= 11 is 0. The lowest BCUT2D eigenvalue weighted by Crippen LogP contribution is -2.56. The Hall–Kier alpha value is -2.94. The number of nitrogens with one attached hydrogen (secondary N) is 1. The summed E-state index contributed by atoms with van der Waals surface area (Å²) in [5.41, 5.74) is 7.00. The number of hydrogen-bond acceptors (Lipinski definition) is 7. The molecule has 1 fully saturated rings. The molecule has 29 heavy (non-hydrogen) atoms. The Bertz CT molecular complexity index is 911. The molecular formula is C20H27N5O4. The van der Waals surface area contributed by atoms with Gasteiger partial charge >= 0.3 is 6.09 Å². The molecule has 0 bridgehead atoms. The lowest BCUT2D eigenvalue weighted by atomic mass is 9.98. The summed E-state index contributed by atoms with van der Waals surface area (Å²) in [6, 6.07) is 4.26. The number of ether oxygens (including phenoxy) is 2. The molecule has 0 radical (unpaired) electrons. The zero-order valence-electron chi connectivity index (χ0n) is 17.1. The molecule has 3 heterocycles. The van der Waals surface area contributed by atoms with Gasteiger partial charge in [-0.1, -0.05) is 0 Å². The van der Waals surface area contributed by atoms with E-state index in [2.05, 4.69) is 15.3 Å². The summed E-state index contributed by atoms with van der Waals surface area (Å²) in [6.45, 7) is 5.61. The zero-order chi connectivity index (χ0) is 21.2. The number of anilines is 1. The fraction of sp³-hybridized carbons (Fsp3) is 0.500. The first kappa shape index (κ1) is 20.8. The highest BCUT2D eigenvalue weighted by Crippen LogP contribution is 2.25. The lowest BCUT2D eigenvalue weighted by Gasteiger charge is -2.38. The minimum atomic E-state index is -0.682. The van der Waals surface area contributed by atoms with E-state index in [4.69, 9.17) is 15.2 Å². The Morgan fingerprint density at radius 2 is 2.00 bits per heavy atom. The SMILES string of the molecule is COc1ccc2nccc(NC(=O)[C@@H]3CC[C@@H](N)CN3C(=O)OC(C)(C)C)c2n1. The van der Waals surface area contributed by atoms with Crippen LogP contribution in [0, 0.1) is 0 Å². The van der Waals surface area contributed by atoms with Crippen LogP contribution in [0.3, 0.4) is 0 Å². The van der Waals surface area contributed by atoms with E-state index in [1.54, 1.807) is 45.2 Å². The first-order chi connectivity index (χ1) is 13.7. The molecule has 2 amide bonds. The summed E-state index contributed by atoms with van der Waals surface area (Å²) < 4.78 is 10.6. The second kappa shape index (κ2) is 8.20. The number of fused-ring (bicyclic) bond motifs is 1. The average molecular weight is 401 g/mol. The highest BCUT2D eigenvalue weighted by atomic mass is 16.6. The van der Waals surface area contributed by atoms with E-state index in [-0.39, 0.29) is 18.5 Å². The van der Waals surface area contributed by atoms with E-state index in [1.165, 1.54) is 12.0 Å². The molecule has 1 aliphatic rings. The number of hydrogen-bond donors (Lipinski definition) is 2. The number of rotatable bonds is 3. The Morgan fingerprint density at radius 1 is 1.24 bits per heavy atom. The first-order valence-electron chi connectivity index (χ1n) is 9.54. The van der Waals surface area contributed by atoms with Crippen LogP contribution < -0.4 is 15.8 Å². The van der Waals surface area contributed by atoms with Crippen molar-refractivity contribution in [1.29, 1.82) is 0 Å². The molecule has 2 aromatic heterocycles. The van der Waals surface area contributed by atoms with Crippen molar-refractivity contribution in [2.45, 2.75) is 51.3 Å². The van der Waals surface area contributed by atoms with Gasteiger partial charge < -0.3 is 20.5 Å². The minimum Gasteiger partial charge on any atom is -0.481 e.